The van der Waals surface area contributed by atoms with Crippen molar-refractivity contribution in [2.45, 2.75) is 51.0 Å². The van der Waals surface area contributed by atoms with Crippen LogP contribution in [0, 0.1) is 5.92 Å². The molecule has 0 radical (unpaired) electrons. The van der Waals surface area contributed by atoms with Gasteiger partial charge in [-0.2, -0.15) is 0 Å². The van der Waals surface area contributed by atoms with E-state index in [2.05, 4.69) is 35.4 Å². The Morgan fingerprint density at radius 1 is 1.32 bits per heavy atom. The smallest absolute Gasteiger partial charge is 0.198 e. The molecule has 2 aliphatic carbocycles. The molecule has 100 valence electrons. The molecule has 1 unspecified atom stereocenters. The molecule has 0 spiro atoms. The van der Waals surface area contributed by atoms with Gasteiger partial charge in [-0.25, -0.2) is 4.98 Å². The zero-order chi connectivity index (χ0) is 12.8. The molecule has 2 fully saturated rings. The van der Waals surface area contributed by atoms with Gasteiger partial charge in [0, 0.05) is 17.6 Å². The Morgan fingerprint density at radius 2 is 2.16 bits per heavy atom. The molecule has 1 atom stereocenters. The summed E-state index contributed by atoms with van der Waals surface area (Å²) in [6, 6.07) is 6.92. The van der Waals surface area contributed by atoms with E-state index in [0.29, 0.717) is 12.0 Å². The Labute approximate surface area is 113 Å². The number of nitrogens with zero attached hydrogens (tertiary/aromatic N) is 1. The highest BCUT2D eigenvalue weighted by Gasteiger charge is 2.30. The molecular formula is C16H20N2O. The first kappa shape index (κ1) is 11.3. The SMILES string of the molecule is CCC(Nc1ccc2oc(C3CC3)nc2c1)C1CC1. The van der Waals surface area contributed by atoms with Crippen LogP contribution in [-0.2, 0) is 0 Å². The first-order valence-electron chi connectivity index (χ1n) is 7.50. The summed E-state index contributed by atoms with van der Waals surface area (Å²) < 4.78 is 5.80. The third-order valence-corrected chi connectivity index (χ3v) is 4.31. The van der Waals surface area contributed by atoms with Gasteiger partial charge in [0.2, 0.25) is 0 Å². The Morgan fingerprint density at radius 3 is 2.84 bits per heavy atom. The quantitative estimate of drug-likeness (QED) is 0.866. The molecule has 2 saturated carbocycles. The van der Waals surface area contributed by atoms with Crippen molar-refractivity contribution in [1.82, 2.24) is 4.98 Å². The molecule has 1 aromatic heterocycles. The molecule has 3 heteroatoms. The van der Waals surface area contributed by atoms with Crippen LogP contribution in [0.15, 0.2) is 22.6 Å². The summed E-state index contributed by atoms with van der Waals surface area (Å²) in [5.74, 6) is 2.39. The number of rotatable bonds is 5. The van der Waals surface area contributed by atoms with Gasteiger partial charge in [0.1, 0.15) is 5.52 Å². The van der Waals surface area contributed by atoms with Crippen LogP contribution < -0.4 is 5.32 Å². The molecule has 0 amide bonds. The maximum absolute atomic E-state index is 5.80. The Hall–Kier alpha value is -1.51. The fraction of sp³-hybridized carbons (Fsp3) is 0.562. The van der Waals surface area contributed by atoms with Crippen LogP contribution in [0.5, 0.6) is 0 Å². The number of aromatic nitrogens is 1. The number of anilines is 1. The lowest BCUT2D eigenvalue weighted by Gasteiger charge is -2.17. The maximum atomic E-state index is 5.80. The van der Waals surface area contributed by atoms with E-state index in [1.54, 1.807) is 0 Å². The first-order valence-corrected chi connectivity index (χ1v) is 7.50. The fourth-order valence-electron chi connectivity index (χ4n) is 2.81. The topological polar surface area (TPSA) is 38.1 Å². The Bertz CT molecular complexity index is 596. The number of oxazole rings is 1. The predicted molar refractivity (Wildman–Crippen MR) is 76.4 cm³/mol. The minimum Gasteiger partial charge on any atom is -0.440 e. The van der Waals surface area contributed by atoms with Crippen LogP contribution in [0.4, 0.5) is 5.69 Å². The summed E-state index contributed by atoms with van der Waals surface area (Å²) in [5.41, 5.74) is 3.10. The van der Waals surface area contributed by atoms with Crippen LogP contribution in [0.3, 0.4) is 0 Å². The van der Waals surface area contributed by atoms with Crippen molar-refractivity contribution in [2.75, 3.05) is 5.32 Å². The monoisotopic (exact) mass is 256 g/mol. The van der Waals surface area contributed by atoms with E-state index in [1.165, 1.54) is 37.8 Å². The Balaban J connectivity index is 1.59. The lowest BCUT2D eigenvalue weighted by atomic mass is 10.1. The van der Waals surface area contributed by atoms with Gasteiger partial charge >= 0.3 is 0 Å². The van der Waals surface area contributed by atoms with Gasteiger partial charge in [-0.3, -0.25) is 0 Å². The van der Waals surface area contributed by atoms with Crippen LogP contribution in [0.2, 0.25) is 0 Å². The average Bonchev–Trinajstić information content (AvgIpc) is 3.31. The lowest BCUT2D eigenvalue weighted by molar-refractivity contribution is 0.533. The van der Waals surface area contributed by atoms with E-state index < -0.39 is 0 Å². The molecular weight excluding hydrogens is 236 g/mol. The molecule has 0 aliphatic heterocycles. The molecule has 0 bridgehead atoms. The second kappa shape index (κ2) is 4.26. The van der Waals surface area contributed by atoms with Gasteiger partial charge in [0.15, 0.2) is 11.5 Å². The molecule has 0 saturated heterocycles. The summed E-state index contributed by atoms with van der Waals surface area (Å²) in [5, 5.41) is 3.66. The van der Waals surface area contributed by atoms with Crippen molar-refractivity contribution in [3.63, 3.8) is 0 Å². The second-order valence-electron chi connectivity index (χ2n) is 6.01. The summed E-state index contributed by atoms with van der Waals surface area (Å²) in [6.45, 7) is 2.26. The summed E-state index contributed by atoms with van der Waals surface area (Å²) in [7, 11) is 0. The van der Waals surface area contributed by atoms with Gasteiger partial charge in [0.25, 0.3) is 0 Å². The highest BCUT2D eigenvalue weighted by molar-refractivity contribution is 5.77. The van der Waals surface area contributed by atoms with E-state index in [0.717, 1.165) is 22.9 Å². The van der Waals surface area contributed by atoms with Gasteiger partial charge in [-0.05, 0) is 56.2 Å². The van der Waals surface area contributed by atoms with E-state index in [1.807, 2.05) is 0 Å². The minimum atomic E-state index is 0.582. The van der Waals surface area contributed by atoms with Crippen LogP contribution >= 0.6 is 0 Å². The fourth-order valence-corrected chi connectivity index (χ4v) is 2.81. The van der Waals surface area contributed by atoms with Crippen molar-refractivity contribution < 1.29 is 4.42 Å². The molecule has 2 aromatic rings. The van der Waals surface area contributed by atoms with E-state index in [-0.39, 0.29) is 0 Å². The summed E-state index contributed by atoms with van der Waals surface area (Å²) >= 11 is 0. The maximum Gasteiger partial charge on any atom is 0.198 e. The number of hydrogen-bond donors (Lipinski definition) is 1. The predicted octanol–water partition coefficient (Wildman–Crippen LogP) is 4.31. The highest BCUT2D eigenvalue weighted by Crippen LogP contribution is 2.41. The zero-order valence-corrected chi connectivity index (χ0v) is 11.4. The second-order valence-corrected chi connectivity index (χ2v) is 6.01. The zero-order valence-electron chi connectivity index (χ0n) is 11.4. The average molecular weight is 256 g/mol. The standard InChI is InChI=1S/C16H20N2O/c1-2-13(10-3-4-10)17-12-7-8-15-14(9-12)18-16(19-15)11-5-6-11/h7-11,13,17H,2-6H2,1H3. The molecule has 3 nitrogen and oxygen atoms in total. The normalized spacial score (nSPS) is 20.7. The highest BCUT2D eigenvalue weighted by atomic mass is 16.3. The lowest BCUT2D eigenvalue weighted by Crippen LogP contribution is -2.20. The van der Waals surface area contributed by atoms with Gasteiger partial charge in [-0.1, -0.05) is 6.92 Å². The van der Waals surface area contributed by atoms with Crippen LogP contribution in [0.1, 0.15) is 50.8 Å². The van der Waals surface area contributed by atoms with E-state index in [4.69, 9.17) is 4.42 Å². The minimum absolute atomic E-state index is 0.582. The van der Waals surface area contributed by atoms with Crippen LogP contribution in [0.25, 0.3) is 11.1 Å². The first-order chi connectivity index (χ1) is 9.33. The number of nitrogens with one attached hydrogen (secondary N) is 1. The number of fused-ring (bicyclic) bond motifs is 1. The van der Waals surface area contributed by atoms with Gasteiger partial charge in [0.05, 0.1) is 0 Å². The molecule has 4 rings (SSSR count). The molecule has 1 heterocycles. The van der Waals surface area contributed by atoms with Crippen molar-refractivity contribution in [2.24, 2.45) is 5.92 Å². The Kier molecular flexibility index (Phi) is 2.54. The van der Waals surface area contributed by atoms with Crippen molar-refractivity contribution in [1.29, 1.82) is 0 Å². The summed E-state index contributed by atoms with van der Waals surface area (Å²) in [4.78, 5) is 4.62. The largest absolute Gasteiger partial charge is 0.440 e. The summed E-state index contributed by atoms with van der Waals surface area (Å²) in [6.07, 6.45) is 6.41. The van der Waals surface area contributed by atoms with Crippen molar-refractivity contribution in [3.8, 4) is 0 Å². The number of benzene rings is 1. The van der Waals surface area contributed by atoms with E-state index in [9.17, 15) is 0 Å². The van der Waals surface area contributed by atoms with Crippen molar-refractivity contribution in [3.05, 3.63) is 24.1 Å². The van der Waals surface area contributed by atoms with Gasteiger partial charge in [-0.15, -0.1) is 0 Å². The molecule has 1 N–H and O–H groups in total. The van der Waals surface area contributed by atoms with Crippen molar-refractivity contribution >= 4 is 16.8 Å². The number of hydrogen-bond acceptors (Lipinski definition) is 3. The van der Waals surface area contributed by atoms with Crippen LogP contribution in [-0.4, -0.2) is 11.0 Å². The molecule has 19 heavy (non-hydrogen) atoms. The molecule has 2 aliphatic rings. The van der Waals surface area contributed by atoms with Gasteiger partial charge < -0.3 is 9.73 Å². The third-order valence-electron chi connectivity index (χ3n) is 4.31. The molecule has 1 aromatic carbocycles. The third kappa shape index (κ3) is 2.22. The van der Waals surface area contributed by atoms with E-state index >= 15 is 0 Å².